The molecule has 0 radical (unpaired) electrons. The van der Waals surface area contributed by atoms with E-state index in [1.165, 1.54) is 24.8 Å². The third kappa shape index (κ3) is 3.67. The number of carbonyl (C=O) groups is 2. The number of nitrogens with one attached hydrogen (secondary N) is 2. The van der Waals surface area contributed by atoms with Gasteiger partial charge < -0.3 is 10.4 Å². The SMILES string of the molecule is O=C(Nc1ncccc1C(=O)O)NC1CCCCC1. The molecule has 6 nitrogen and oxygen atoms in total. The van der Waals surface area contributed by atoms with E-state index in [0.29, 0.717) is 0 Å². The van der Waals surface area contributed by atoms with Crippen molar-refractivity contribution in [2.75, 3.05) is 5.32 Å². The lowest BCUT2D eigenvalue weighted by molar-refractivity contribution is 0.0697. The van der Waals surface area contributed by atoms with Crippen LogP contribution in [0.15, 0.2) is 18.3 Å². The molecule has 0 saturated heterocycles. The second-order valence-corrected chi connectivity index (χ2v) is 4.64. The van der Waals surface area contributed by atoms with E-state index in [9.17, 15) is 9.59 Å². The number of anilines is 1. The summed E-state index contributed by atoms with van der Waals surface area (Å²) in [5.41, 5.74) is -0.0127. The summed E-state index contributed by atoms with van der Waals surface area (Å²) < 4.78 is 0. The molecule has 1 aromatic heterocycles. The van der Waals surface area contributed by atoms with Gasteiger partial charge in [-0.1, -0.05) is 19.3 Å². The first-order valence-corrected chi connectivity index (χ1v) is 6.42. The highest BCUT2D eigenvalue weighted by Crippen LogP contribution is 2.17. The van der Waals surface area contributed by atoms with Crippen molar-refractivity contribution >= 4 is 17.8 Å². The Balaban J connectivity index is 1.96. The third-order valence-corrected chi connectivity index (χ3v) is 3.21. The molecule has 3 N–H and O–H groups in total. The van der Waals surface area contributed by atoms with E-state index in [4.69, 9.17) is 5.11 Å². The van der Waals surface area contributed by atoms with Crippen molar-refractivity contribution in [1.29, 1.82) is 0 Å². The molecule has 1 heterocycles. The summed E-state index contributed by atoms with van der Waals surface area (Å²) in [7, 11) is 0. The molecule has 19 heavy (non-hydrogen) atoms. The third-order valence-electron chi connectivity index (χ3n) is 3.21. The number of aromatic carboxylic acids is 1. The summed E-state index contributed by atoms with van der Waals surface area (Å²) in [5.74, 6) is -1.04. The van der Waals surface area contributed by atoms with Gasteiger partial charge in [0.05, 0.1) is 0 Å². The fourth-order valence-corrected chi connectivity index (χ4v) is 2.25. The fraction of sp³-hybridized carbons (Fsp3) is 0.462. The van der Waals surface area contributed by atoms with Crippen LogP contribution in [0.25, 0.3) is 0 Å². The maximum atomic E-state index is 11.8. The van der Waals surface area contributed by atoms with Crippen molar-refractivity contribution in [3.05, 3.63) is 23.9 Å². The van der Waals surface area contributed by atoms with Gasteiger partial charge >= 0.3 is 12.0 Å². The molecule has 0 aromatic carbocycles. The zero-order chi connectivity index (χ0) is 13.7. The molecule has 1 aromatic rings. The minimum absolute atomic E-state index is 0.0127. The number of hydrogen-bond donors (Lipinski definition) is 3. The highest BCUT2D eigenvalue weighted by molar-refractivity contribution is 5.98. The van der Waals surface area contributed by atoms with Crippen molar-refractivity contribution in [2.45, 2.75) is 38.1 Å². The van der Waals surface area contributed by atoms with E-state index in [1.807, 2.05) is 0 Å². The Kier molecular flexibility index (Phi) is 4.33. The van der Waals surface area contributed by atoms with Crippen LogP contribution in [0.3, 0.4) is 0 Å². The van der Waals surface area contributed by atoms with Crippen LogP contribution in [0.4, 0.5) is 10.6 Å². The number of aromatic nitrogens is 1. The summed E-state index contributed by atoms with van der Waals surface area (Å²) in [5, 5.41) is 14.3. The Morgan fingerprint density at radius 1 is 1.26 bits per heavy atom. The summed E-state index contributed by atoms with van der Waals surface area (Å²) in [6, 6.07) is 2.71. The minimum Gasteiger partial charge on any atom is -0.478 e. The quantitative estimate of drug-likeness (QED) is 0.779. The molecular formula is C13H17N3O3. The molecule has 0 spiro atoms. The van der Waals surface area contributed by atoms with Crippen molar-refractivity contribution in [1.82, 2.24) is 10.3 Å². The second kappa shape index (κ2) is 6.17. The topological polar surface area (TPSA) is 91.3 Å². The maximum Gasteiger partial charge on any atom is 0.339 e. The standard InChI is InChI=1S/C13H17N3O3/c17-12(18)10-7-4-8-14-11(10)16-13(19)15-9-5-2-1-3-6-9/h4,7-9H,1-3,5-6H2,(H,17,18)(H2,14,15,16,19). The molecule has 0 atom stereocenters. The van der Waals surface area contributed by atoms with Gasteiger partial charge in [0.15, 0.2) is 0 Å². The van der Waals surface area contributed by atoms with Gasteiger partial charge in [-0.25, -0.2) is 14.6 Å². The van der Waals surface area contributed by atoms with E-state index < -0.39 is 12.0 Å². The molecule has 1 aliphatic rings. The molecule has 1 aliphatic carbocycles. The predicted molar refractivity (Wildman–Crippen MR) is 70.2 cm³/mol. The first kappa shape index (κ1) is 13.3. The van der Waals surface area contributed by atoms with Crippen LogP contribution >= 0.6 is 0 Å². The number of carbonyl (C=O) groups excluding carboxylic acids is 1. The number of rotatable bonds is 3. The first-order chi connectivity index (χ1) is 9.16. The molecule has 0 unspecified atom stereocenters. The van der Waals surface area contributed by atoms with Gasteiger partial charge in [-0.3, -0.25) is 5.32 Å². The number of amides is 2. The second-order valence-electron chi connectivity index (χ2n) is 4.64. The van der Waals surface area contributed by atoms with Gasteiger partial charge in [-0.15, -0.1) is 0 Å². The molecule has 2 rings (SSSR count). The van der Waals surface area contributed by atoms with Crippen molar-refractivity contribution in [3.8, 4) is 0 Å². The Morgan fingerprint density at radius 2 is 2.00 bits per heavy atom. The number of hydrogen-bond acceptors (Lipinski definition) is 3. The first-order valence-electron chi connectivity index (χ1n) is 6.42. The summed E-state index contributed by atoms with van der Waals surface area (Å²) >= 11 is 0. The lowest BCUT2D eigenvalue weighted by atomic mass is 9.96. The monoisotopic (exact) mass is 263 g/mol. The summed E-state index contributed by atoms with van der Waals surface area (Å²) in [6.07, 6.45) is 6.85. The molecule has 0 bridgehead atoms. The van der Waals surface area contributed by atoms with Gasteiger partial charge in [0, 0.05) is 12.2 Å². The number of carboxylic acids is 1. The van der Waals surface area contributed by atoms with Crippen LogP contribution in [0.2, 0.25) is 0 Å². The molecule has 2 amide bonds. The van der Waals surface area contributed by atoms with E-state index in [1.54, 1.807) is 0 Å². The molecule has 102 valence electrons. The van der Waals surface area contributed by atoms with Gasteiger partial charge in [0.1, 0.15) is 11.4 Å². The van der Waals surface area contributed by atoms with Crippen LogP contribution < -0.4 is 10.6 Å². The zero-order valence-electron chi connectivity index (χ0n) is 10.6. The average Bonchev–Trinajstić information content (AvgIpc) is 2.40. The van der Waals surface area contributed by atoms with Crippen molar-refractivity contribution in [2.24, 2.45) is 0 Å². The number of carboxylic acid groups (broad SMARTS) is 1. The van der Waals surface area contributed by atoms with Crippen LogP contribution in [0.5, 0.6) is 0 Å². The van der Waals surface area contributed by atoms with E-state index in [0.717, 1.165) is 25.7 Å². The fourth-order valence-electron chi connectivity index (χ4n) is 2.25. The summed E-state index contributed by atoms with van der Waals surface area (Å²) in [4.78, 5) is 26.7. The molecule has 1 fully saturated rings. The Labute approximate surface area is 111 Å². The number of pyridine rings is 1. The lowest BCUT2D eigenvalue weighted by Gasteiger charge is -2.22. The molecular weight excluding hydrogens is 246 g/mol. The molecule has 1 saturated carbocycles. The van der Waals surface area contributed by atoms with Gasteiger partial charge in [-0.2, -0.15) is 0 Å². The molecule has 6 heteroatoms. The zero-order valence-corrected chi connectivity index (χ0v) is 10.6. The largest absolute Gasteiger partial charge is 0.478 e. The maximum absolute atomic E-state index is 11.8. The number of nitrogens with zero attached hydrogens (tertiary/aromatic N) is 1. The summed E-state index contributed by atoms with van der Waals surface area (Å²) in [6.45, 7) is 0. The van der Waals surface area contributed by atoms with E-state index >= 15 is 0 Å². The lowest BCUT2D eigenvalue weighted by Crippen LogP contribution is -2.39. The van der Waals surface area contributed by atoms with Crippen LogP contribution in [0.1, 0.15) is 42.5 Å². The Morgan fingerprint density at radius 3 is 2.68 bits per heavy atom. The smallest absolute Gasteiger partial charge is 0.339 e. The van der Waals surface area contributed by atoms with Gasteiger partial charge in [0.25, 0.3) is 0 Å². The normalized spacial score (nSPS) is 15.8. The Hall–Kier alpha value is -2.11. The minimum atomic E-state index is -1.11. The highest BCUT2D eigenvalue weighted by Gasteiger charge is 2.17. The van der Waals surface area contributed by atoms with E-state index in [-0.39, 0.29) is 17.4 Å². The predicted octanol–water partition coefficient (Wildman–Crippen LogP) is 2.23. The van der Waals surface area contributed by atoms with Gasteiger partial charge in [-0.05, 0) is 25.0 Å². The average molecular weight is 263 g/mol. The van der Waals surface area contributed by atoms with Crippen LogP contribution in [-0.2, 0) is 0 Å². The van der Waals surface area contributed by atoms with Crippen molar-refractivity contribution < 1.29 is 14.7 Å². The van der Waals surface area contributed by atoms with Crippen LogP contribution in [0, 0.1) is 0 Å². The van der Waals surface area contributed by atoms with Crippen LogP contribution in [-0.4, -0.2) is 28.1 Å². The molecule has 0 aliphatic heterocycles. The highest BCUT2D eigenvalue weighted by atomic mass is 16.4. The Bertz CT molecular complexity index is 470. The number of urea groups is 1. The van der Waals surface area contributed by atoms with Crippen molar-refractivity contribution in [3.63, 3.8) is 0 Å². The van der Waals surface area contributed by atoms with Gasteiger partial charge in [0.2, 0.25) is 0 Å². The van der Waals surface area contributed by atoms with E-state index in [2.05, 4.69) is 15.6 Å².